The minimum Gasteiger partial charge on any atom is -0.310 e. The highest BCUT2D eigenvalue weighted by Gasteiger charge is 2.39. The second-order valence-electron chi connectivity index (χ2n) is 23.3. The number of hydrogen-bond acceptors (Lipinski definition) is 2. The van der Waals surface area contributed by atoms with Gasteiger partial charge in [0.1, 0.15) is 0 Å². The summed E-state index contributed by atoms with van der Waals surface area (Å²) in [4.78, 5) is 4.94. The van der Waals surface area contributed by atoms with Gasteiger partial charge in [-0.1, -0.05) is 193 Å². The predicted octanol–water partition coefficient (Wildman–Crippen LogP) is 20.3. The molecule has 15 rings (SSSR count). The van der Waals surface area contributed by atoms with Crippen molar-refractivity contribution in [3.05, 3.63) is 282 Å². The molecule has 0 saturated heterocycles. The minimum atomic E-state index is -0.170. The summed E-state index contributed by atoms with van der Waals surface area (Å²) in [5.41, 5.74) is 28.1. The van der Waals surface area contributed by atoms with E-state index < -0.39 is 0 Å². The Hall–Kier alpha value is -9.18. The molecule has 0 fully saturated rings. The van der Waals surface area contributed by atoms with Gasteiger partial charge in [0.2, 0.25) is 0 Å². The Kier molecular flexibility index (Phi) is 10.0. The van der Waals surface area contributed by atoms with E-state index in [-0.39, 0.29) is 16.2 Å². The van der Waals surface area contributed by atoms with E-state index in [0.717, 1.165) is 45.3 Å². The first kappa shape index (κ1) is 46.1. The molecule has 12 aromatic rings. The van der Waals surface area contributed by atoms with Crippen LogP contribution in [0.2, 0.25) is 0 Å². The maximum Gasteiger partial charge on any atom is 0.0541 e. The highest BCUT2D eigenvalue weighted by Crippen LogP contribution is 2.55. The smallest absolute Gasteiger partial charge is 0.0541 e. The monoisotopic (exact) mass is 1000 g/mol. The van der Waals surface area contributed by atoms with Crippen molar-refractivity contribution in [2.45, 2.75) is 57.8 Å². The maximum atomic E-state index is 2.48. The van der Waals surface area contributed by atoms with Gasteiger partial charge in [0.05, 0.1) is 16.7 Å². The van der Waals surface area contributed by atoms with Gasteiger partial charge < -0.3 is 14.4 Å². The number of para-hydroxylation sites is 3. The van der Waals surface area contributed by atoms with Crippen molar-refractivity contribution >= 4 is 55.9 Å². The molecule has 3 nitrogen and oxygen atoms in total. The lowest BCUT2D eigenvalue weighted by Crippen LogP contribution is -2.17. The molecule has 0 amide bonds. The third kappa shape index (κ3) is 6.70. The van der Waals surface area contributed by atoms with E-state index in [4.69, 9.17) is 0 Å². The number of nitrogens with zero attached hydrogens (tertiary/aromatic N) is 3. The molecule has 0 unspecified atom stereocenters. The Morgan fingerprint density at radius 3 is 1.27 bits per heavy atom. The lowest BCUT2D eigenvalue weighted by molar-refractivity contribution is 0.660. The molecule has 11 aromatic carbocycles. The molecule has 0 atom stereocenters. The standard InChI is InChI=1S/C75H59N3/c1-73(2)64-29-17-13-25-55(64)58-38-34-52(45-67(58)73)76(49-21-9-7-10-22-49)51-37-42-71(77(50-23-11-8-12-24-50)53-35-39-59-56-26-14-18-30-65(56)74(3,4)68(59)46-53)62(44-51)48-33-41-72-63(43-48)61-28-16-20-32-70(61)78(72)54-36-40-60-57-27-15-19-31-66(57)75(5,6)69(60)47-54/h7-47H,1-6H3. The van der Waals surface area contributed by atoms with Gasteiger partial charge in [0.15, 0.2) is 0 Å². The molecule has 1 heterocycles. The van der Waals surface area contributed by atoms with Crippen molar-refractivity contribution in [1.29, 1.82) is 0 Å². The van der Waals surface area contributed by atoms with E-state index in [2.05, 4.69) is 305 Å². The number of benzene rings is 11. The van der Waals surface area contributed by atoms with Crippen LogP contribution in [0.5, 0.6) is 0 Å². The Bertz CT molecular complexity index is 4420. The zero-order valence-corrected chi connectivity index (χ0v) is 45.0. The number of hydrogen-bond donors (Lipinski definition) is 0. The first-order chi connectivity index (χ1) is 38.0. The lowest BCUT2D eigenvalue weighted by atomic mass is 9.82. The van der Waals surface area contributed by atoms with Gasteiger partial charge in [-0.2, -0.15) is 0 Å². The van der Waals surface area contributed by atoms with Gasteiger partial charge in [-0.3, -0.25) is 0 Å². The normalized spacial score (nSPS) is 14.6. The molecule has 0 radical (unpaired) electrons. The van der Waals surface area contributed by atoms with Gasteiger partial charge >= 0.3 is 0 Å². The number of fused-ring (bicyclic) bond motifs is 12. The quantitative estimate of drug-likeness (QED) is 0.150. The average Bonchev–Trinajstić information content (AvgIpc) is 4.16. The van der Waals surface area contributed by atoms with Crippen molar-refractivity contribution in [2.75, 3.05) is 9.80 Å². The number of anilines is 6. The van der Waals surface area contributed by atoms with Gasteiger partial charge in [-0.15, -0.1) is 0 Å². The molecule has 0 N–H and O–H groups in total. The van der Waals surface area contributed by atoms with Gasteiger partial charge in [0, 0.05) is 66.7 Å². The van der Waals surface area contributed by atoms with Crippen molar-refractivity contribution in [3.8, 4) is 50.2 Å². The van der Waals surface area contributed by atoms with Crippen LogP contribution in [0.4, 0.5) is 34.1 Å². The predicted molar refractivity (Wildman–Crippen MR) is 328 cm³/mol. The summed E-state index contributed by atoms with van der Waals surface area (Å²) in [6.07, 6.45) is 0. The van der Waals surface area contributed by atoms with Crippen LogP contribution < -0.4 is 9.80 Å². The zero-order valence-electron chi connectivity index (χ0n) is 45.0. The summed E-state index contributed by atoms with van der Waals surface area (Å²) < 4.78 is 2.48. The molecule has 0 bridgehead atoms. The number of rotatable bonds is 8. The summed E-state index contributed by atoms with van der Waals surface area (Å²) in [5, 5.41) is 2.44. The van der Waals surface area contributed by atoms with E-state index in [1.807, 2.05) is 0 Å². The van der Waals surface area contributed by atoms with Crippen LogP contribution in [-0.4, -0.2) is 4.57 Å². The van der Waals surface area contributed by atoms with E-state index >= 15 is 0 Å². The van der Waals surface area contributed by atoms with Crippen LogP contribution in [0.25, 0.3) is 72.0 Å². The molecule has 374 valence electrons. The topological polar surface area (TPSA) is 11.4 Å². The molecule has 3 aliphatic rings. The summed E-state index contributed by atoms with van der Waals surface area (Å²) in [6.45, 7) is 14.2. The Morgan fingerprint density at radius 1 is 0.269 bits per heavy atom. The van der Waals surface area contributed by atoms with Crippen molar-refractivity contribution in [2.24, 2.45) is 0 Å². The molecule has 0 saturated carbocycles. The highest BCUT2D eigenvalue weighted by atomic mass is 15.2. The summed E-state index contributed by atoms with van der Waals surface area (Å²) in [7, 11) is 0. The fourth-order valence-corrected chi connectivity index (χ4v) is 14.0. The third-order valence-electron chi connectivity index (χ3n) is 18.0. The van der Waals surface area contributed by atoms with Crippen molar-refractivity contribution in [3.63, 3.8) is 0 Å². The van der Waals surface area contributed by atoms with E-state index in [1.165, 1.54) is 94.3 Å². The van der Waals surface area contributed by atoms with E-state index in [1.54, 1.807) is 0 Å². The molecule has 78 heavy (non-hydrogen) atoms. The second kappa shape index (κ2) is 16.9. The lowest BCUT2D eigenvalue weighted by Gasteiger charge is -2.32. The molecule has 1 aromatic heterocycles. The first-order valence-corrected chi connectivity index (χ1v) is 27.6. The van der Waals surface area contributed by atoms with Gasteiger partial charge in [0.25, 0.3) is 0 Å². The number of aromatic nitrogens is 1. The Morgan fingerprint density at radius 2 is 0.692 bits per heavy atom. The van der Waals surface area contributed by atoms with Crippen molar-refractivity contribution in [1.82, 2.24) is 4.57 Å². The average molecular weight is 1000 g/mol. The van der Waals surface area contributed by atoms with Crippen LogP contribution in [0.15, 0.2) is 249 Å². The summed E-state index contributed by atoms with van der Waals surface area (Å²) in [5.74, 6) is 0. The third-order valence-corrected chi connectivity index (χ3v) is 18.0. The fourth-order valence-electron chi connectivity index (χ4n) is 14.0. The van der Waals surface area contributed by atoms with Crippen LogP contribution in [-0.2, 0) is 16.2 Å². The van der Waals surface area contributed by atoms with Crippen LogP contribution in [0.3, 0.4) is 0 Å². The van der Waals surface area contributed by atoms with Gasteiger partial charge in [-0.05, 0) is 169 Å². The maximum absolute atomic E-state index is 2.48. The summed E-state index contributed by atoms with van der Waals surface area (Å²) in [6, 6.07) is 93.2. The van der Waals surface area contributed by atoms with E-state index in [0.29, 0.717) is 0 Å². The summed E-state index contributed by atoms with van der Waals surface area (Å²) >= 11 is 0. The molecule has 0 aliphatic heterocycles. The SMILES string of the molecule is CC1(C)c2ccccc2-c2ccc(N(c3ccccc3)c3ccc(N(c4ccccc4)c4ccc5c(c4)C(C)(C)c4ccccc4-5)c(-c4ccc5c(c4)c4ccccc4n5-c4ccc5c(c4)C(C)(C)c4ccccc4-5)c3)cc21. The molecular weight excluding hydrogens is 943 g/mol. The van der Waals surface area contributed by atoms with E-state index in [9.17, 15) is 0 Å². The molecule has 3 heteroatoms. The second-order valence-corrected chi connectivity index (χ2v) is 23.3. The Labute approximate surface area is 458 Å². The zero-order chi connectivity index (χ0) is 52.7. The molecular formula is C75H59N3. The van der Waals surface area contributed by atoms with Gasteiger partial charge in [-0.25, -0.2) is 0 Å². The first-order valence-electron chi connectivity index (χ1n) is 27.6. The van der Waals surface area contributed by atoms with Crippen LogP contribution in [0.1, 0.15) is 74.9 Å². The fraction of sp³-hybridized carbons (Fsp3) is 0.120. The minimum absolute atomic E-state index is 0.118. The highest BCUT2D eigenvalue weighted by molar-refractivity contribution is 6.11. The molecule has 0 spiro atoms. The largest absolute Gasteiger partial charge is 0.310 e. The van der Waals surface area contributed by atoms with Crippen molar-refractivity contribution < 1.29 is 0 Å². The Balaban J connectivity index is 0.960. The molecule has 3 aliphatic carbocycles. The van der Waals surface area contributed by atoms with Crippen LogP contribution in [0, 0.1) is 0 Å². The van der Waals surface area contributed by atoms with Crippen LogP contribution >= 0.6 is 0 Å².